The van der Waals surface area contributed by atoms with Crippen LogP contribution in [-0.4, -0.2) is 0 Å². The molecule has 0 aliphatic heterocycles. The maximum Gasteiger partial charge on any atom is 0.0255 e. The van der Waals surface area contributed by atoms with Gasteiger partial charge in [0.05, 0.1) is 0 Å². The van der Waals surface area contributed by atoms with Crippen LogP contribution in [0.2, 0.25) is 0 Å². The Morgan fingerprint density at radius 1 is 0.538 bits per heavy atom. The van der Waals surface area contributed by atoms with Crippen molar-refractivity contribution in [3.8, 4) is 23.7 Å². The molecule has 0 unspecified atom stereocenters. The minimum atomic E-state index is 1.03. The molecule has 2 aromatic rings. The number of rotatable bonds is 8. The van der Waals surface area contributed by atoms with Gasteiger partial charge in [0.1, 0.15) is 0 Å². The lowest BCUT2D eigenvalue weighted by Crippen LogP contribution is -1.85. The van der Waals surface area contributed by atoms with Gasteiger partial charge in [-0.3, -0.25) is 0 Å². The number of aryl methyl sites for hydroxylation is 2. The minimum Gasteiger partial charge on any atom is -0.0654 e. The summed E-state index contributed by atoms with van der Waals surface area (Å²) in [7, 11) is 0. The summed E-state index contributed by atoms with van der Waals surface area (Å²) in [4.78, 5) is 0. The molecule has 0 amide bonds. The molecule has 0 radical (unpaired) electrons. The van der Waals surface area contributed by atoms with Gasteiger partial charge in [-0.15, -0.1) is 0 Å². The fourth-order valence-electron chi connectivity index (χ4n) is 2.87. The fourth-order valence-corrected chi connectivity index (χ4v) is 2.87. The van der Waals surface area contributed by atoms with E-state index < -0.39 is 0 Å². The molecule has 0 atom stereocenters. The summed E-state index contributed by atoms with van der Waals surface area (Å²) in [5.41, 5.74) is 4.86. The monoisotopic (exact) mass is 342 g/mol. The van der Waals surface area contributed by atoms with Crippen LogP contribution in [0, 0.1) is 23.7 Å². The van der Waals surface area contributed by atoms with Gasteiger partial charge in [0.15, 0.2) is 0 Å². The summed E-state index contributed by atoms with van der Waals surface area (Å²) in [5, 5.41) is 0. The number of benzene rings is 2. The summed E-state index contributed by atoms with van der Waals surface area (Å²) in [6, 6.07) is 17.1. The molecule has 0 saturated carbocycles. The lowest BCUT2D eigenvalue weighted by atomic mass is 10.1. The first-order chi connectivity index (χ1) is 12.8. The summed E-state index contributed by atoms with van der Waals surface area (Å²) in [6.45, 7) is 4.48. The predicted octanol–water partition coefficient (Wildman–Crippen LogP) is 6.56. The molecule has 0 heteroatoms. The van der Waals surface area contributed by atoms with Crippen molar-refractivity contribution >= 4 is 0 Å². The zero-order valence-electron chi connectivity index (χ0n) is 16.3. The molecule has 0 N–H and O–H groups in total. The molecular formula is C26H30. The van der Waals surface area contributed by atoms with Crippen LogP contribution >= 0.6 is 0 Å². The van der Waals surface area contributed by atoms with Crippen molar-refractivity contribution in [3.05, 3.63) is 70.8 Å². The topological polar surface area (TPSA) is 0 Å². The highest BCUT2D eigenvalue weighted by Crippen LogP contribution is 2.09. The second-order valence-electron chi connectivity index (χ2n) is 6.81. The SMILES string of the molecule is CCCCCc1ccc(C#CC#Cc2ccc(CCCCC)cc2)cc1. The summed E-state index contributed by atoms with van der Waals surface area (Å²) in [6.07, 6.45) is 10.0. The molecule has 26 heavy (non-hydrogen) atoms. The molecule has 0 heterocycles. The van der Waals surface area contributed by atoms with Crippen LogP contribution in [0.5, 0.6) is 0 Å². The van der Waals surface area contributed by atoms with Gasteiger partial charge < -0.3 is 0 Å². The highest BCUT2D eigenvalue weighted by atomic mass is 14.0. The Balaban J connectivity index is 1.86. The quantitative estimate of drug-likeness (QED) is 0.377. The minimum absolute atomic E-state index is 1.03. The summed E-state index contributed by atoms with van der Waals surface area (Å²) < 4.78 is 0. The van der Waals surface area contributed by atoms with E-state index in [-0.39, 0.29) is 0 Å². The zero-order chi connectivity index (χ0) is 18.5. The Labute approximate surface area is 160 Å². The van der Waals surface area contributed by atoms with Gasteiger partial charge in [0, 0.05) is 11.1 Å². The average Bonchev–Trinajstić information content (AvgIpc) is 2.68. The Morgan fingerprint density at radius 2 is 0.923 bits per heavy atom. The van der Waals surface area contributed by atoms with E-state index in [1.807, 2.05) is 0 Å². The third-order valence-electron chi connectivity index (χ3n) is 4.52. The fraction of sp³-hybridized carbons (Fsp3) is 0.385. The number of hydrogen-bond donors (Lipinski definition) is 0. The van der Waals surface area contributed by atoms with Crippen LogP contribution in [0.3, 0.4) is 0 Å². The molecule has 0 saturated heterocycles. The first-order valence-electron chi connectivity index (χ1n) is 10.0. The standard InChI is InChI=1S/C26H30/c1-3-5-7-11-23-15-19-25(20-16-23)13-9-10-14-26-21-17-24(18-22-26)12-8-6-4-2/h15-22H,3-8,11-12H2,1-2H3. The Morgan fingerprint density at radius 3 is 1.27 bits per heavy atom. The average molecular weight is 343 g/mol. The molecule has 0 aromatic heterocycles. The molecule has 0 fully saturated rings. The highest BCUT2D eigenvalue weighted by Gasteiger charge is 1.94. The largest absolute Gasteiger partial charge is 0.0654 e. The first-order valence-corrected chi connectivity index (χ1v) is 10.0. The van der Waals surface area contributed by atoms with Gasteiger partial charge in [0.2, 0.25) is 0 Å². The van der Waals surface area contributed by atoms with Crippen molar-refractivity contribution in [2.75, 3.05) is 0 Å². The first kappa shape index (κ1) is 19.9. The van der Waals surface area contributed by atoms with Crippen molar-refractivity contribution in [2.24, 2.45) is 0 Å². The second kappa shape index (κ2) is 12.0. The third-order valence-corrected chi connectivity index (χ3v) is 4.52. The van der Waals surface area contributed by atoms with Gasteiger partial charge in [-0.25, -0.2) is 0 Å². The Kier molecular flexibility index (Phi) is 9.18. The predicted molar refractivity (Wildman–Crippen MR) is 113 cm³/mol. The van der Waals surface area contributed by atoms with E-state index >= 15 is 0 Å². The number of hydrogen-bond acceptors (Lipinski definition) is 0. The summed E-state index contributed by atoms with van der Waals surface area (Å²) in [5.74, 6) is 12.2. The normalized spacial score (nSPS) is 9.77. The van der Waals surface area contributed by atoms with Crippen LogP contribution < -0.4 is 0 Å². The molecule has 2 aromatic carbocycles. The van der Waals surface area contributed by atoms with Crippen molar-refractivity contribution in [2.45, 2.75) is 65.2 Å². The van der Waals surface area contributed by atoms with Crippen LogP contribution in [0.4, 0.5) is 0 Å². The van der Waals surface area contributed by atoms with Crippen LogP contribution in [-0.2, 0) is 12.8 Å². The maximum atomic E-state index is 3.13. The van der Waals surface area contributed by atoms with E-state index in [4.69, 9.17) is 0 Å². The molecular weight excluding hydrogens is 312 g/mol. The summed E-state index contributed by atoms with van der Waals surface area (Å²) >= 11 is 0. The lowest BCUT2D eigenvalue weighted by molar-refractivity contribution is 0.717. The van der Waals surface area contributed by atoms with E-state index in [1.54, 1.807) is 0 Å². The van der Waals surface area contributed by atoms with Crippen molar-refractivity contribution in [3.63, 3.8) is 0 Å². The van der Waals surface area contributed by atoms with Crippen LogP contribution in [0.25, 0.3) is 0 Å². The van der Waals surface area contributed by atoms with Crippen molar-refractivity contribution < 1.29 is 0 Å². The van der Waals surface area contributed by atoms with Gasteiger partial charge in [-0.05, 0) is 72.9 Å². The highest BCUT2D eigenvalue weighted by molar-refractivity contribution is 5.45. The van der Waals surface area contributed by atoms with E-state index in [0.29, 0.717) is 0 Å². The van der Waals surface area contributed by atoms with E-state index in [1.165, 1.54) is 49.7 Å². The van der Waals surface area contributed by atoms with Crippen molar-refractivity contribution in [1.29, 1.82) is 0 Å². The molecule has 0 bridgehead atoms. The van der Waals surface area contributed by atoms with Gasteiger partial charge in [0.25, 0.3) is 0 Å². The van der Waals surface area contributed by atoms with Crippen molar-refractivity contribution in [1.82, 2.24) is 0 Å². The smallest absolute Gasteiger partial charge is 0.0255 e. The molecule has 0 spiro atoms. The third kappa shape index (κ3) is 7.63. The molecule has 0 aliphatic rings. The van der Waals surface area contributed by atoms with Crippen LogP contribution in [0.15, 0.2) is 48.5 Å². The van der Waals surface area contributed by atoms with Crippen LogP contribution in [0.1, 0.15) is 74.6 Å². The van der Waals surface area contributed by atoms with Gasteiger partial charge in [-0.2, -0.15) is 0 Å². The lowest BCUT2D eigenvalue weighted by Gasteiger charge is -2.00. The molecule has 0 nitrogen and oxygen atoms in total. The molecule has 2 rings (SSSR count). The number of unbranched alkanes of at least 4 members (excludes halogenated alkanes) is 4. The Bertz CT molecular complexity index is 686. The second-order valence-corrected chi connectivity index (χ2v) is 6.81. The molecule has 134 valence electrons. The van der Waals surface area contributed by atoms with Gasteiger partial charge >= 0.3 is 0 Å². The molecule has 0 aliphatic carbocycles. The van der Waals surface area contributed by atoms with E-state index in [2.05, 4.69) is 86.1 Å². The van der Waals surface area contributed by atoms with E-state index in [9.17, 15) is 0 Å². The zero-order valence-corrected chi connectivity index (χ0v) is 16.3. The van der Waals surface area contributed by atoms with Gasteiger partial charge in [-0.1, -0.05) is 75.6 Å². The Hall–Kier alpha value is -2.44. The van der Waals surface area contributed by atoms with E-state index in [0.717, 1.165) is 24.0 Å². The maximum absolute atomic E-state index is 3.13.